The molecule has 8 nitrogen and oxygen atoms in total. The molecule has 162 valence electrons. The number of aryl methyl sites for hydroxylation is 1. The van der Waals surface area contributed by atoms with E-state index in [1.807, 2.05) is 18.2 Å². The van der Waals surface area contributed by atoms with Crippen molar-refractivity contribution in [3.8, 4) is 0 Å². The van der Waals surface area contributed by atoms with Crippen molar-refractivity contribution in [3.05, 3.63) is 47.2 Å². The molecule has 1 fully saturated rings. The number of thioether (sulfide) groups is 1. The Morgan fingerprint density at radius 3 is 2.67 bits per heavy atom. The number of benzene rings is 1. The lowest BCUT2D eigenvalue weighted by atomic mass is 10.1. The summed E-state index contributed by atoms with van der Waals surface area (Å²) in [6, 6.07) is 9.80. The Bertz CT molecular complexity index is 851. The molecule has 1 aliphatic heterocycles. The number of nitrogens with zero attached hydrogens (tertiary/aromatic N) is 2. The van der Waals surface area contributed by atoms with E-state index in [-0.39, 0.29) is 22.8 Å². The predicted octanol–water partition coefficient (Wildman–Crippen LogP) is 2.19. The molecule has 1 aromatic heterocycles. The molecule has 2 aromatic rings. The average molecular weight is 433 g/mol. The zero-order valence-electron chi connectivity index (χ0n) is 17.3. The van der Waals surface area contributed by atoms with E-state index in [2.05, 4.69) is 26.8 Å². The standard InChI is InChI=1S/C21H28N4O4S/c1-15-11-19(24-29-15)23-21(27)16(2)30-14-20(26)22-12-17-5-3-4-6-18(17)13-25-7-9-28-10-8-25/h3-6,11,16H,7-10,12-14H2,1-2H3,(H,22,26)(H,23,24,27). The Kier molecular flexibility index (Phi) is 8.30. The summed E-state index contributed by atoms with van der Waals surface area (Å²) >= 11 is 1.28. The molecule has 3 rings (SSSR count). The van der Waals surface area contributed by atoms with Crippen molar-refractivity contribution in [2.75, 3.05) is 37.4 Å². The Balaban J connectivity index is 1.42. The van der Waals surface area contributed by atoms with Crippen molar-refractivity contribution in [3.63, 3.8) is 0 Å². The molecule has 2 N–H and O–H groups in total. The largest absolute Gasteiger partial charge is 0.379 e. The summed E-state index contributed by atoms with van der Waals surface area (Å²) in [6.45, 7) is 8.20. The van der Waals surface area contributed by atoms with E-state index in [1.54, 1.807) is 19.9 Å². The van der Waals surface area contributed by atoms with Gasteiger partial charge >= 0.3 is 0 Å². The Hall–Kier alpha value is -2.36. The van der Waals surface area contributed by atoms with Gasteiger partial charge in [0.1, 0.15) is 5.76 Å². The van der Waals surface area contributed by atoms with E-state index in [9.17, 15) is 9.59 Å². The lowest BCUT2D eigenvalue weighted by Crippen LogP contribution is -2.36. The number of rotatable bonds is 9. The van der Waals surface area contributed by atoms with Crippen LogP contribution in [-0.4, -0.2) is 59.2 Å². The van der Waals surface area contributed by atoms with Gasteiger partial charge < -0.3 is 19.9 Å². The van der Waals surface area contributed by atoms with E-state index in [4.69, 9.17) is 9.26 Å². The minimum atomic E-state index is -0.388. The molecule has 1 saturated heterocycles. The molecule has 2 amide bonds. The maximum Gasteiger partial charge on any atom is 0.238 e. The summed E-state index contributed by atoms with van der Waals surface area (Å²) in [5.41, 5.74) is 2.32. The fourth-order valence-electron chi connectivity index (χ4n) is 3.06. The highest BCUT2D eigenvalue weighted by Gasteiger charge is 2.17. The highest BCUT2D eigenvalue weighted by Crippen LogP contribution is 2.15. The fraction of sp³-hybridized carbons (Fsp3) is 0.476. The normalized spacial score (nSPS) is 15.5. The zero-order chi connectivity index (χ0) is 21.3. The first-order chi connectivity index (χ1) is 14.5. The second kappa shape index (κ2) is 11.1. The molecule has 0 aliphatic carbocycles. The molecule has 1 unspecified atom stereocenters. The van der Waals surface area contributed by atoms with E-state index in [1.165, 1.54) is 17.3 Å². The molecule has 0 bridgehead atoms. The molecule has 30 heavy (non-hydrogen) atoms. The number of hydrogen-bond donors (Lipinski definition) is 2. The smallest absolute Gasteiger partial charge is 0.238 e. The van der Waals surface area contributed by atoms with Crippen LogP contribution in [0.2, 0.25) is 0 Å². The van der Waals surface area contributed by atoms with Crippen molar-refractivity contribution >= 4 is 29.4 Å². The van der Waals surface area contributed by atoms with E-state index >= 15 is 0 Å². The van der Waals surface area contributed by atoms with E-state index in [0.29, 0.717) is 18.1 Å². The van der Waals surface area contributed by atoms with Gasteiger partial charge in [0.25, 0.3) is 0 Å². The highest BCUT2D eigenvalue weighted by atomic mass is 32.2. The van der Waals surface area contributed by atoms with Gasteiger partial charge in [-0.3, -0.25) is 14.5 Å². The van der Waals surface area contributed by atoms with Crippen molar-refractivity contribution in [1.29, 1.82) is 0 Å². The van der Waals surface area contributed by atoms with E-state index in [0.717, 1.165) is 38.4 Å². The second-order valence-electron chi connectivity index (χ2n) is 7.20. The summed E-state index contributed by atoms with van der Waals surface area (Å²) in [6.07, 6.45) is 0. The van der Waals surface area contributed by atoms with Crippen LogP contribution < -0.4 is 10.6 Å². The van der Waals surface area contributed by atoms with Gasteiger partial charge in [0.05, 0.1) is 24.2 Å². The number of anilines is 1. The van der Waals surface area contributed by atoms with Crippen molar-refractivity contribution in [2.45, 2.75) is 32.2 Å². The SMILES string of the molecule is Cc1cc(NC(=O)C(C)SCC(=O)NCc2ccccc2CN2CCOCC2)no1. The first-order valence-corrected chi connectivity index (χ1v) is 11.1. The van der Waals surface area contributed by atoms with Gasteiger partial charge in [-0.15, -0.1) is 11.8 Å². The first kappa shape index (κ1) is 22.3. The summed E-state index contributed by atoms with van der Waals surface area (Å²) in [5, 5.41) is 9.00. The van der Waals surface area contributed by atoms with Crippen LogP contribution in [0.25, 0.3) is 0 Å². The summed E-state index contributed by atoms with van der Waals surface area (Å²) < 4.78 is 10.3. The summed E-state index contributed by atoms with van der Waals surface area (Å²) in [4.78, 5) is 26.8. The maximum atomic E-state index is 12.3. The van der Waals surface area contributed by atoms with Gasteiger partial charge in [0, 0.05) is 32.2 Å². The van der Waals surface area contributed by atoms with E-state index < -0.39 is 0 Å². The van der Waals surface area contributed by atoms with Gasteiger partial charge in [-0.1, -0.05) is 29.4 Å². The number of morpholine rings is 1. The average Bonchev–Trinajstić information content (AvgIpc) is 3.16. The van der Waals surface area contributed by atoms with Crippen molar-refractivity contribution < 1.29 is 18.8 Å². The Labute approximate surface area is 180 Å². The molecule has 0 spiro atoms. The minimum Gasteiger partial charge on any atom is -0.379 e. The molecule has 1 aromatic carbocycles. The number of hydrogen-bond acceptors (Lipinski definition) is 7. The van der Waals surface area contributed by atoms with Crippen molar-refractivity contribution in [2.24, 2.45) is 0 Å². The van der Waals surface area contributed by atoms with Crippen LogP contribution >= 0.6 is 11.8 Å². The number of aromatic nitrogens is 1. The Morgan fingerprint density at radius 1 is 1.23 bits per heavy atom. The lowest BCUT2D eigenvalue weighted by Gasteiger charge is -2.27. The number of carbonyl (C=O) groups excluding carboxylic acids is 2. The molecule has 0 saturated carbocycles. The van der Waals surface area contributed by atoms with Crippen LogP contribution in [0.5, 0.6) is 0 Å². The van der Waals surface area contributed by atoms with Crippen molar-refractivity contribution in [1.82, 2.24) is 15.4 Å². The van der Waals surface area contributed by atoms with Gasteiger partial charge in [0.15, 0.2) is 5.82 Å². The molecule has 9 heteroatoms. The molecule has 1 atom stereocenters. The van der Waals surface area contributed by atoms with Gasteiger partial charge in [-0.05, 0) is 25.0 Å². The lowest BCUT2D eigenvalue weighted by molar-refractivity contribution is -0.118. The molecule has 1 aliphatic rings. The molecule has 2 heterocycles. The molecule has 0 radical (unpaired) electrons. The highest BCUT2D eigenvalue weighted by molar-refractivity contribution is 8.01. The monoisotopic (exact) mass is 432 g/mol. The summed E-state index contributed by atoms with van der Waals surface area (Å²) in [7, 11) is 0. The van der Waals surface area contributed by atoms with Crippen LogP contribution in [0.4, 0.5) is 5.82 Å². The van der Waals surface area contributed by atoms with Crippen LogP contribution in [0.15, 0.2) is 34.9 Å². The third-order valence-electron chi connectivity index (χ3n) is 4.80. The second-order valence-corrected chi connectivity index (χ2v) is 8.53. The number of nitrogens with one attached hydrogen (secondary N) is 2. The fourth-order valence-corrected chi connectivity index (χ4v) is 3.77. The summed E-state index contributed by atoms with van der Waals surface area (Å²) in [5.74, 6) is 0.901. The zero-order valence-corrected chi connectivity index (χ0v) is 18.2. The third kappa shape index (κ3) is 6.86. The first-order valence-electron chi connectivity index (χ1n) is 10.0. The van der Waals surface area contributed by atoms with Crippen LogP contribution in [0.1, 0.15) is 23.8 Å². The minimum absolute atomic E-state index is 0.0990. The third-order valence-corrected chi connectivity index (χ3v) is 5.95. The topological polar surface area (TPSA) is 96.7 Å². The van der Waals surface area contributed by atoms with Crippen LogP contribution in [-0.2, 0) is 27.4 Å². The quantitative estimate of drug-likeness (QED) is 0.627. The predicted molar refractivity (Wildman–Crippen MR) is 116 cm³/mol. The molecular formula is C21H28N4O4S. The van der Waals surface area contributed by atoms with Crippen LogP contribution in [0.3, 0.4) is 0 Å². The number of carbonyl (C=O) groups is 2. The van der Waals surface area contributed by atoms with Gasteiger partial charge in [0.2, 0.25) is 11.8 Å². The maximum absolute atomic E-state index is 12.3. The number of ether oxygens (including phenoxy) is 1. The Morgan fingerprint density at radius 2 is 1.97 bits per heavy atom. The number of amides is 2. The van der Waals surface area contributed by atoms with Gasteiger partial charge in [-0.25, -0.2) is 0 Å². The molecular weight excluding hydrogens is 404 g/mol. The van der Waals surface area contributed by atoms with Gasteiger partial charge in [-0.2, -0.15) is 0 Å². The van der Waals surface area contributed by atoms with Crippen LogP contribution in [0, 0.1) is 6.92 Å².